The molecule has 1 fully saturated rings. The van der Waals surface area contributed by atoms with Gasteiger partial charge in [-0.3, -0.25) is 4.79 Å². The number of carbonyl (C=O) groups excluding carboxylic acids is 1. The number of ketones is 1. The Kier molecular flexibility index (Phi) is 2.10. The molecular formula is C14H15NO. The molecule has 0 atom stereocenters. The molecule has 0 spiro atoms. The highest BCUT2D eigenvalue weighted by Crippen LogP contribution is 2.32. The van der Waals surface area contributed by atoms with Gasteiger partial charge in [0.05, 0.1) is 0 Å². The first-order valence-electron chi connectivity index (χ1n) is 5.83. The average molecular weight is 213 g/mol. The lowest BCUT2D eigenvalue weighted by molar-refractivity contribution is 0.103. The average Bonchev–Trinajstić information content (AvgIpc) is 2.84. The number of fused-ring (bicyclic) bond motifs is 1. The highest BCUT2D eigenvalue weighted by atomic mass is 16.1. The standard InChI is InChI=1S/C14H15NO/c1-15-8-4-7-13(15)12-9-10-5-2-3-6-11(10)14(12)16/h2-3,5-6H,4,7-9H2,1H3/b13-12-. The molecule has 1 heterocycles. The second-order valence-electron chi connectivity index (χ2n) is 4.61. The molecule has 0 saturated carbocycles. The van der Waals surface area contributed by atoms with Gasteiger partial charge in [0, 0.05) is 36.8 Å². The predicted octanol–water partition coefficient (Wildman–Crippen LogP) is 2.41. The molecule has 0 N–H and O–H groups in total. The Morgan fingerprint density at radius 2 is 2.06 bits per heavy atom. The Balaban J connectivity index is 2.07. The number of hydrogen-bond acceptors (Lipinski definition) is 2. The molecule has 1 aliphatic heterocycles. The van der Waals surface area contributed by atoms with Crippen LogP contribution < -0.4 is 0 Å². The summed E-state index contributed by atoms with van der Waals surface area (Å²) < 4.78 is 0. The molecule has 0 aromatic heterocycles. The lowest BCUT2D eigenvalue weighted by Crippen LogP contribution is -2.14. The van der Waals surface area contributed by atoms with Gasteiger partial charge in [-0.05, 0) is 18.4 Å². The van der Waals surface area contributed by atoms with Crippen molar-refractivity contribution in [1.29, 1.82) is 0 Å². The monoisotopic (exact) mass is 213 g/mol. The number of carbonyl (C=O) groups is 1. The van der Waals surface area contributed by atoms with Gasteiger partial charge in [-0.2, -0.15) is 0 Å². The molecule has 0 amide bonds. The molecule has 0 unspecified atom stereocenters. The van der Waals surface area contributed by atoms with Crippen molar-refractivity contribution in [3.63, 3.8) is 0 Å². The van der Waals surface area contributed by atoms with Crippen LogP contribution in [0.4, 0.5) is 0 Å². The van der Waals surface area contributed by atoms with Crippen LogP contribution in [-0.4, -0.2) is 24.3 Å². The number of Topliss-reactive ketones (excluding diaryl/α,β-unsaturated/α-hetero) is 1. The van der Waals surface area contributed by atoms with Gasteiger partial charge in [-0.25, -0.2) is 0 Å². The van der Waals surface area contributed by atoms with E-state index >= 15 is 0 Å². The van der Waals surface area contributed by atoms with Gasteiger partial charge >= 0.3 is 0 Å². The third-order valence-electron chi connectivity index (χ3n) is 3.62. The Morgan fingerprint density at radius 3 is 2.75 bits per heavy atom. The fourth-order valence-corrected chi connectivity index (χ4v) is 2.75. The van der Waals surface area contributed by atoms with Gasteiger partial charge < -0.3 is 4.90 Å². The van der Waals surface area contributed by atoms with Crippen molar-refractivity contribution in [2.75, 3.05) is 13.6 Å². The van der Waals surface area contributed by atoms with E-state index in [2.05, 4.69) is 18.0 Å². The Hall–Kier alpha value is -1.57. The van der Waals surface area contributed by atoms with Crippen LogP contribution in [0.1, 0.15) is 28.8 Å². The molecule has 1 aliphatic carbocycles. The molecule has 1 aromatic rings. The van der Waals surface area contributed by atoms with E-state index in [1.807, 2.05) is 18.2 Å². The van der Waals surface area contributed by atoms with E-state index in [1.54, 1.807) is 0 Å². The van der Waals surface area contributed by atoms with Crippen molar-refractivity contribution in [2.24, 2.45) is 0 Å². The first-order chi connectivity index (χ1) is 7.77. The quantitative estimate of drug-likeness (QED) is 0.617. The van der Waals surface area contributed by atoms with Crippen molar-refractivity contribution >= 4 is 5.78 Å². The molecular weight excluding hydrogens is 198 g/mol. The number of nitrogens with zero attached hydrogens (tertiary/aromatic N) is 1. The molecule has 1 aromatic carbocycles. The minimum absolute atomic E-state index is 0.249. The molecule has 3 rings (SSSR count). The molecule has 16 heavy (non-hydrogen) atoms. The van der Waals surface area contributed by atoms with Gasteiger partial charge in [0.2, 0.25) is 0 Å². The number of hydrogen-bond donors (Lipinski definition) is 0. The lowest BCUT2D eigenvalue weighted by atomic mass is 10.1. The summed E-state index contributed by atoms with van der Waals surface area (Å²) in [5.41, 5.74) is 4.39. The van der Waals surface area contributed by atoms with E-state index in [0.717, 1.165) is 30.5 Å². The molecule has 2 aliphatic rings. The SMILES string of the molecule is CN1CCC/C1=C1\Cc2ccccc2C1=O. The molecule has 1 saturated heterocycles. The summed E-state index contributed by atoms with van der Waals surface area (Å²) in [6.45, 7) is 1.09. The van der Waals surface area contributed by atoms with Crippen LogP contribution in [0.5, 0.6) is 0 Å². The molecule has 2 nitrogen and oxygen atoms in total. The Labute approximate surface area is 95.6 Å². The van der Waals surface area contributed by atoms with Crippen LogP contribution in [0.15, 0.2) is 35.5 Å². The zero-order valence-corrected chi connectivity index (χ0v) is 9.49. The van der Waals surface area contributed by atoms with Crippen molar-refractivity contribution in [3.8, 4) is 0 Å². The second-order valence-corrected chi connectivity index (χ2v) is 4.61. The van der Waals surface area contributed by atoms with Crippen LogP contribution in [0, 0.1) is 0 Å². The van der Waals surface area contributed by atoms with Gasteiger partial charge in [0.25, 0.3) is 0 Å². The van der Waals surface area contributed by atoms with E-state index in [1.165, 1.54) is 17.7 Å². The number of likely N-dealkylation sites (tertiary alicyclic amines) is 1. The van der Waals surface area contributed by atoms with Crippen molar-refractivity contribution in [1.82, 2.24) is 4.90 Å². The van der Waals surface area contributed by atoms with Crippen LogP contribution in [0.25, 0.3) is 0 Å². The Bertz CT molecular complexity index is 487. The van der Waals surface area contributed by atoms with Crippen molar-refractivity contribution < 1.29 is 4.79 Å². The largest absolute Gasteiger partial charge is 0.378 e. The van der Waals surface area contributed by atoms with E-state index in [9.17, 15) is 4.79 Å². The maximum atomic E-state index is 12.2. The summed E-state index contributed by atoms with van der Waals surface area (Å²) in [4.78, 5) is 14.5. The maximum Gasteiger partial charge on any atom is 0.191 e. The summed E-state index contributed by atoms with van der Waals surface area (Å²) in [7, 11) is 2.09. The highest BCUT2D eigenvalue weighted by molar-refractivity contribution is 6.13. The van der Waals surface area contributed by atoms with E-state index in [4.69, 9.17) is 0 Å². The fourth-order valence-electron chi connectivity index (χ4n) is 2.75. The summed E-state index contributed by atoms with van der Waals surface area (Å²) in [6, 6.07) is 7.97. The fraction of sp³-hybridized carbons (Fsp3) is 0.357. The lowest BCUT2D eigenvalue weighted by Gasteiger charge is -2.14. The first-order valence-corrected chi connectivity index (χ1v) is 5.83. The minimum atomic E-state index is 0.249. The van der Waals surface area contributed by atoms with E-state index in [-0.39, 0.29) is 5.78 Å². The maximum absolute atomic E-state index is 12.2. The zero-order valence-electron chi connectivity index (χ0n) is 9.49. The summed E-state index contributed by atoms with van der Waals surface area (Å²) in [5.74, 6) is 0.249. The van der Waals surface area contributed by atoms with Crippen LogP contribution >= 0.6 is 0 Å². The summed E-state index contributed by atoms with van der Waals surface area (Å²) in [5, 5.41) is 0. The number of benzene rings is 1. The Morgan fingerprint density at radius 1 is 1.25 bits per heavy atom. The molecule has 2 heteroatoms. The van der Waals surface area contributed by atoms with Gasteiger partial charge in [-0.15, -0.1) is 0 Å². The zero-order chi connectivity index (χ0) is 11.1. The number of rotatable bonds is 0. The minimum Gasteiger partial charge on any atom is -0.378 e. The molecule has 0 radical (unpaired) electrons. The predicted molar refractivity (Wildman–Crippen MR) is 63.4 cm³/mol. The van der Waals surface area contributed by atoms with Crippen LogP contribution in [0.3, 0.4) is 0 Å². The van der Waals surface area contributed by atoms with E-state index < -0.39 is 0 Å². The third-order valence-corrected chi connectivity index (χ3v) is 3.62. The van der Waals surface area contributed by atoms with Gasteiger partial charge in [-0.1, -0.05) is 24.3 Å². The summed E-state index contributed by atoms with van der Waals surface area (Å²) >= 11 is 0. The smallest absolute Gasteiger partial charge is 0.191 e. The summed E-state index contributed by atoms with van der Waals surface area (Å²) in [6.07, 6.45) is 3.07. The second kappa shape index (κ2) is 3.48. The van der Waals surface area contributed by atoms with E-state index in [0.29, 0.717) is 0 Å². The normalized spacial score (nSPS) is 24.1. The van der Waals surface area contributed by atoms with Crippen molar-refractivity contribution in [2.45, 2.75) is 19.3 Å². The van der Waals surface area contributed by atoms with Crippen LogP contribution in [-0.2, 0) is 6.42 Å². The van der Waals surface area contributed by atoms with Gasteiger partial charge in [0.15, 0.2) is 5.78 Å². The third kappa shape index (κ3) is 1.29. The first kappa shape index (κ1) is 9.64. The van der Waals surface area contributed by atoms with Crippen LogP contribution in [0.2, 0.25) is 0 Å². The molecule has 82 valence electrons. The number of allylic oxidation sites excluding steroid dienone is 2. The molecule has 0 bridgehead atoms. The topological polar surface area (TPSA) is 20.3 Å². The highest BCUT2D eigenvalue weighted by Gasteiger charge is 2.29. The van der Waals surface area contributed by atoms with Crippen molar-refractivity contribution in [3.05, 3.63) is 46.7 Å². The van der Waals surface area contributed by atoms with Gasteiger partial charge in [0.1, 0.15) is 0 Å².